The van der Waals surface area contributed by atoms with E-state index in [-0.39, 0.29) is 0 Å². The third-order valence-corrected chi connectivity index (χ3v) is 8.66. The molecule has 0 atom stereocenters. The largest absolute Gasteiger partial charge is 0.497 e. The van der Waals surface area contributed by atoms with E-state index < -0.39 is 0 Å². The lowest BCUT2D eigenvalue weighted by Crippen LogP contribution is -1.98. The number of fused-ring (bicyclic) bond motifs is 6. The maximum atomic E-state index is 5.56. The van der Waals surface area contributed by atoms with Crippen molar-refractivity contribution >= 4 is 43.6 Å². The van der Waals surface area contributed by atoms with Crippen LogP contribution in [0.4, 0.5) is 0 Å². The first-order valence-electron chi connectivity index (χ1n) is 14.8. The molecule has 0 saturated heterocycles. The van der Waals surface area contributed by atoms with E-state index in [9.17, 15) is 0 Å². The summed E-state index contributed by atoms with van der Waals surface area (Å²) in [5, 5.41) is 4.28. The van der Waals surface area contributed by atoms with Crippen molar-refractivity contribution < 1.29 is 18.9 Å². The molecule has 0 amide bonds. The van der Waals surface area contributed by atoms with E-state index >= 15 is 0 Å². The standard InChI is InChI=1S/C38H30N4O4/c1-43-27-5-9-35-31(15-27)32-16-28(44-2)6-10-36(32)41(35)25-13-23(19-39-21-25)24-14-26(22-40-20-24)42-37-11-7-29(45-3)17-33(37)34-18-30(46-4)8-12-38(34)42/h5-22H,1-4H3. The van der Waals surface area contributed by atoms with Crippen molar-refractivity contribution in [2.75, 3.05) is 28.4 Å². The minimum Gasteiger partial charge on any atom is -0.497 e. The Morgan fingerprint density at radius 2 is 0.696 bits per heavy atom. The summed E-state index contributed by atoms with van der Waals surface area (Å²) < 4.78 is 26.7. The number of hydrogen-bond donors (Lipinski definition) is 0. The summed E-state index contributed by atoms with van der Waals surface area (Å²) in [7, 11) is 6.74. The molecule has 0 aliphatic rings. The Labute approximate surface area is 265 Å². The van der Waals surface area contributed by atoms with Crippen molar-refractivity contribution in [3.05, 3.63) is 110 Å². The SMILES string of the molecule is COc1ccc2c(c1)c1cc(OC)ccc1n2-c1cncc(-c2cncc(-n3c4ccc(OC)cc4c4cc(OC)ccc43)c2)c1. The molecule has 8 aromatic rings. The average molecular weight is 607 g/mol. The van der Waals surface area contributed by atoms with Crippen LogP contribution in [0.2, 0.25) is 0 Å². The number of aromatic nitrogens is 4. The van der Waals surface area contributed by atoms with Crippen LogP contribution in [-0.4, -0.2) is 47.5 Å². The number of methoxy groups -OCH3 is 4. The van der Waals surface area contributed by atoms with Gasteiger partial charge in [-0.2, -0.15) is 0 Å². The first-order valence-corrected chi connectivity index (χ1v) is 14.8. The van der Waals surface area contributed by atoms with Crippen molar-refractivity contribution in [1.29, 1.82) is 0 Å². The topological polar surface area (TPSA) is 72.6 Å². The zero-order chi connectivity index (χ0) is 31.4. The number of pyridine rings is 2. The van der Waals surface area contributed by atoms with Gasteiger partial charge in [0.25, 0.3) is 0 Å². The summed E-state index contributed by atoms with van der Waals surface area (Å²) in [6, 6.07) is 28.8. The van der Waals surface area contributed by atoms with Crippen molar-refractivity contribution in [2.24, 2.45) is 0 Å². The first kappa shape index (κ1) is 27.5. The Hall–Kier alpha value is -6.02. The van der Waals surface area contributed by atoms with Crippen LogP contribution < -0.4 is 18.9 Å². The molecule has 4 heterocycles. The van der Waals surface area contributed by atoms with Gasteiger partial charge >= 0.3 is 0 Å². The fourth-order valence-electron chi connectivity index (χ4n) is 6.44. The van der Waals surface area contributed by atoms with Crippen LogP contribution in [0.3, 0.4) is 0 Å². The predicted octanol–water partition coefficient (Wildman–Crippen LogP) is 8.37. The summed E-state index contributed by atoms with van der Waals surface area (Å²) in [5.74, 6) is 3.19. The van der Waals surface area contributed by atoms with Gasteiger partial charge in [-0.25, -0.2) is 0 Å². The molecule has 8 nitrogen and oxygen atoms in total. The Kier molecular flexibility index (Phi) is 6.49. The Morgan fingerprint density at radius 1 is 0.391 bits per heavy atom. The summed E-state index contributed by atoms with van der Waals surface area (Å²) in [6.07, 6.45) is 7.54. The van der Waals surface area contributed by atoms with Crippen LogP contribution in [0.15, 0.2) is 110 Å². The highest BCUT2D eigenvalue weighted by Crippen LogP contribution is 2.38. The molecule has 4 aromatic carbocycles. The van der Waals surface area contributed by atoms with E-state index in [2.05, 4.69) is 69.8 Å². The zero-order valence-corrected chi connectivity index (χ0v) is 25.8. The quantitative estimate of drug-likeness (QED) is 0.182. The van der Waals surface area contributed by atoms with Crippen LogP contribution in [-0.2, 0) is 0 Å². The predicted molar refractivity (Wildman–Crippen MR) is 182 cm³/mol. The molecule has 226 valence electrons. The average Bonchev–Trinajstić information content (AvgIpc) is 3.62. The molecule has 0 aliphatic heterocycles. The molecular weight excluding hydrogens is 576 g/mol. The Balaban J connectivity index is 1.29. The number of nitrogens with zero attached hydrogens (tertiary/aromatic N) is 4. The highest BCUT2D eigenvalue weighted by Gasteiger charge is 2.17. The smallest absolute Gasteiger partial charge is 0.119 e. The second-order valence-electron chi connectivity index (χ2n) is 11.1. The minimum absolute atomic E-state index is 0.797. The van der Waals surface area contributed by atoms with Gasteiger partial charge in [0.15, 0.2) is 0 Å². The molecule has 0 aliphatic carbocycles. The van der Waals surface area contributed by atoms with Crippen LogP contribution in [0.1, 0.15) is 0 Å². The molecule has 0 bridgehead atoms. The summed E-state index contributed by atoms with van der Waals surface area (Å²) in [4.78, 5) is 9.39. The summed E-state index contributed by atoms with van der Waals surface area (Å²) in [6.45, 7) is 0. The highest BCUT2D eigenvalue weighted by atomic mass is 16.5. The van der Waals surface area contributed by atoms with E-state index in [4.69, 9.17) is 28.9 Å². The van der Waals surface area contributed by atoms with Gasteiger partial charge < -0.3 is 28.1 Å². The second-order valence-corrected chi connectivity index (χ2v) is 11.1. The number of hydrogen-bond acceptors (Lipinski definition) is 6. The molecule has 8 rings (SSSR count). The monoisotopic (exact) mass is 606 g/mol. The highest BCUT2D eigenvalue weighted by molar-refractivity contribution is 6.11. The molecule has 4 aromatic heterocycles. The fraction of sp³-hybridized carbons (Fsp3) is 0.105. The lowest BCUT2D eigenvalue weighted by atomic mass is 10.1. The van der Waals surface area contributed by atoms with E-state index in [0.29, 0.717) is 0 Å². The Bertz CT molecular complexity index is 2150. The normalized spacial score (nSPS) is 11.5. The van der Waals surface area contributed by atoms with Crippen LogP contribution >= 0.6 is 0 Å². The van der Waals surface area contributed by atoms with E-state index in [1.165, 1.54) is 0 Å². The molecule has 0 radical (unpaired) electrons. The maximum Gasteiger partial charge on any atom is 0.119 e. The summed E-state index contributed by atoms with van der Waals surface area (Å²) in [5.41, 5.74) is 7.97. The van der Waals surface area contributed by atoms with Gasteiger partial charge in [0, 0.05) is 45.1 Å². The number of rotatable bonds is 7. The van der Waals surface area contributed by atoms with Crippen molar-refractivity contribution in [1.82, 2.24) is 19.1 Å². The first-order chi connectivity index (χ1) is 22.6. The second kappa shape index (κ2) is 10.9. The van der Waals surface area contributed by atoms with Crippen LogP contribution in [0.5, 0.6) is 23.0 Å². The zero-order valence-electron chi connectivity index (χ0n) is 25.8. The maximum absolute atomic E-state index is 5.56. The molecule has 0 unspecified atom stereocenters. The lowest BCUT2D eigenvalue weighted by Gasteiger charge is -2.12. The number of ether oxygens (including phenoxy) is 4. The van der Waals surface area contributed by atoms with Gasteiger partial charge in [-0.3, -0.25) is 9.97 Å². The fourth-order valence-corrected chi connectivity index (χ4v) is 6.44. The van der Waals surface area contributed by atoms with Gasteiger partial charge in [-0.1, -0.05) is 0 Å². The summed E-state index contributed by atoms with van der Waals surface area (Å²) >= 11 is 0. The van der Waals surface area contributed by atoms with Crippen LogP contribution in [0.25, 0.3) is 66.1 Å². The Morgan fingerprint density at radius 3 is 0.978 bits per heavy atom. The van der Waals surface area contributed by atoms with Gasteiger partial charge in [0.2, 0.25) is 0 Å². The van der Waals surface area contributed by atoms with Crippen molar-refractivity contribution in [3.8, 4) is 45.5 Å². The number of benzene rings is 4. The molecule has 0 spiro atoms. The van der Waals surface area contributed by atoms with Crippen molar-refractivity contribution in [3.63, 3.8) is 0 Å². The third kappa shape index (κ3) is 4.29. The molecule has 8 heteroatoms. The molecule has 0 saturated carbocycles. The van der Waals surface area contributed by atoms with E-state index in [1.807, 2.05) is 49.1 Å². The van der Waals surface area contributed by atoms with Crippen LogP contribution in [0, 0.1) is 0 Å². The third-order valence-electron chi connectivity index (χ3n) is 8.66. The molecule has 46 heavy (non-hydrogen) atoms. The molecule has 0 N–H and O–H groups in total. The minimum atomic E-state index is 0.797. The molecule has 0 fully saturated rings. The van der Waals surface area contributed by atoms with E-state index in [1.54, 1.807) is 28.4 Å². The molecular formula is C38H30N4O4. The van der Waals surface area contributed by atoms with Gasteiger partial charge in [-0.15, -0.1) is 0 Å². The van der Waals surface area contributed by atoms with Gasteiger partial charge in [-0.05, 0) is 84.9 Å². The van der Waals surface area contributed by atoms with E-state index in [0.717, 1.165) is 89.1 Å². The van der Waals surface area contributed by atoms with Crippen molar-refractivity contribution in [2.45, 2.75) is 0 Å². The lowest BCUT2D eigenvalue weighted by molar-refractivity contribution is 0.415. The van der Waals surface area contributed by atoms with Gasteiger partial charge in [0.05, 0.1) is 74.3 Å². The van der Waals surface area contributed by atoms with Gasteiger partial charge in [0.1, 0.15) is 23.0 Å².